The molecule has 2 N–H and O–H groups in total. The third kappa shape index (κ3) is 25.2. The zero-order chi connectivity index (χ0) is 10.7. The molecule has 0 amide bonds. The summed E-state index contributed by atoms with van der Waals surface area (Å²) in [6.45, 7) is 0. The van der Waals surface area contributed by atoms with Crippen LogP contribution in [0.4, 0.5) is 0 Å². The zero-order valence-corrected chi connectivity index (χ0v) is 6.86. The maximum atomic E-state index is 9.90. The van der Waals surface area contributed by atoms with Crippen LogP contribution < -0.4 is 0 Å². The normalized spacial score (nSPS) is 7.69. The molecule has 0 spiro atoms. The summed E-state index contributed by atoms with van der Waals surface area (Å²) in [5.41, 5.74) is 0. The Hall–Kier alpha value is -1.68. The van der Waals surface area contributed by atoms with Crippen molar-refractivity contribution in [2.45, 2.75) is 25.7 Å². The molecule has 74 valence electrons. The first-order valence-corrected chi connectivity index (χ1v) is 3.47. The van der Waals surface area contributed by atoms with Gasteiger partial charge in [0.25, 0.3) is 0 Å². The predicted molar refractivity (Wildman–Crippen MR) is 38.7 cm³/mol. The van der Waals surface area contributed by atoms with E-state index in [0.29, 0.717) is 12.8 Å². The Labute approximate surface area is 74.2 Å². The Morgan fingerprint density at radius 1 is 0.923 bits per heavy atom. The van der Waals surface area contributed by atoms with Crippen LogP contribution in [-0.4, -0.2) is 28.3 Å². The van der Waals surface area contributed by atoms with E-state index in [0.717, 1.165) is 0 Å². The quantitative estimate of drug-likeness (QED) is 0.596. The summed E-state index contributed by atoms with van der Waals surface area (Å²) in [7, 11) is 0. The highest BCUT2D eigenvalue weighted by Crippen LogP contribution is 1.98. The Balaban J connectivity index is 0. The molecule has 6 nitrogen and oxygen atoms in total. The van der Waals surface area contributed by atoms with Gasteiger partial charge in [0.2, 0.25) is 0 Å². The van der Waals surface area contributed by atoms with Gasteiger partial charge in [0.05, 0.1) is 0 Å². The molecule has 0 saturated carbocycles. The number of unbranched alkanes of at least 4 members (excludes halogenated alkanes) is 1. The van der Waals surface area contributed by atoms with E-state index in [1.807, 2.05) is 0 Å². The van der Waals surface area contributed by atoms with Crippen molar-refractivity contribution in [2.75, 3.05) is 0 Å². The van der Waals surface area contributed by atoms with Crippen molar-refractivity contribution < 1.29 is 29.4 Å². The first-order valence-electron chi connectivity index (χ1n) is 3.47. The minimum absolute atomic E-state index is 0.0628. The number of hydrogen-bond donors (Lipinski definition) is 2. The molecule has 0 fully saturated rings. The molecule has 0 unspecified atom stereocenters. The number of carboxylic acid groups (broad SMARTS) is 2. The Morgan fingerprint density at radius 3 is 1.31 bits per heavy atom. The van der Waals surface area contributed by atoms with Crippen molar-refractivity contribution in [3.05, 3.63) is 0 Å². The molecule has 0 aliphatic heterocycles. The molecule has 0 saturated heterocycles. The summed E-state index contributed by atoms with van der Waals surface area (Å²) in [6, 6.07) is 0. The predicted octanol–water partition coefficient (Wildman–Crippen LogP) is 0.133. The van der Waals surface area contributed by atoms with Crippen molar-refractivity contribution >= 4 is 18.1 Å². The molecule has 0 aromatic rings. The lowest BCUT2D eigenvalue weighted by Crippen LogP contribution is -1.97. The van der Waals surface area contributed by atoms with Crippen molar-refractivity contribution in [3.8, 4) is 0 Å². The Kier molecular flexibility index (Phi) is 11.0. The van der Waals surface area contributed by atoms with Crippen molar-refractivity contribution in [2.24, 2.45) is 0 Å². The summed E-state index contributed by atoms with van der Waals surface area (Å²) in [5.74, 6) is -1.74. The van der Waals surface area contributed by atoms with Crippen LogP contribution in [0.5, 0.6) is 0 Å². The molecule has 0 bridgehead atoms. The molecule has 6 heteroatoms. The number of rotatable bonds is 5. The smallest absolute Gasteiger partial charge is 0.373 e. The van der Waals surface area contributed by atoms with Crippen LogP contribution >= 0.6 is 0 Å². The monoisotopic (exact) mass is 190 g/mol. The Bertz CT molecular complexity index is 175. The maximum Gasteiger partial charge on any atom is 0.373 e. The second-order valence-electron chi connectivity index (χ2n) is 2.08. The SMILES string of the molecule is O=C(O)CCCCC(=O)O.O=C=O. The minimum Gasteiger partial charge on any atom is -0.481 e. The van der Waals surface area contributed by atoms with Crippen LogP contribution in [0.1, 0.15) is 25.7 Å². The summed E-state index contributed by atoms with van der Waals surface area (Å²) in [4.78, 5) is 36.0. The third-order valence-corrected chi connectivity index (χ3v) is 1.03. The number of carbonyl (C=O) groups excluding carboxylic acids is 2. The van der Waals surface area contributed by atoms with E-state index in [9.17, 15) is 9.59 Å². The fraction of sp³-hybridized carbons (Fsp3) is 0.571. The topological polar surface area (TPSA) is 109 Å². The van der Waals surface area contributed by atoms with Gasteiger partial charge < -0.3 is 10.2 Å². The van der Waals surface area contributed by atoms with Gasteiger partial charge in [0.15, 0.2) is 0 Å². The highest BCUT2D eigenvalue weighted by molar-refractivity contribution is 5.67. The Morgan fingerprint density at radius 2 is 1.15 bits per heavy atom. The first-order chi connectivity index (χ1) is 6.04. The van der Waals surface area contributed by atoms with Crippen molar-refractivity contribution in [3.63, 3.8) is 0 Å². The van der Waals surface area contributed by atoms with Gasteiger partial charge in [0.1, 0.15) is 0 Å². The van der Waals surface area contributed by atoms with Crippen LogP contribution in [0.15, 0.2) is 0 Å². The van der Waals surface area contributed by atoms with Gasteiger partial charge >= 0.3 is 18.1 Å². The number of aliphatic carboxylic acids is 2. The number of carbonyl (C=O) groups is 2. The average Bonchev–Trinajstić information content (AvgIpc) is 1.99. The van der Waals surface area contributed by atoms with Crippen LogP contribution in [0, 0.1) is 0 Å². The second kappa shape index (κ2) is 10.3. The van der Waals surface area contributed by atoms with E-state index in [2.05, 4.69) is 0 Å². The lowest BCUT2D eigenvalue weighted by atomic mass is 10.2. The van der Waals surface area contributed by atoms with E-state index >= 15 is 0 Å². The third-order valence-electron chi connectivity index (χ3n) is 1.03. The number of hydrogen-bond acceptors (Lipinski definition) is 4. The maximum absolute atomic E-state index is 9.90. The lowest BCUT2D eigenvalue weighted by molar-refractivity contribution is -0.191. The highest BCUT2D eigenvalue weighted by atomic mass is 16.4. The molecule has 0 aromatic heterocycles. The van der Waals surface area contributed by atoms with Crippen LogP contribution in [-0.2, 0) is 19.2 Å². The van der Waals surface area contributed by atoms with Crippen LogP contribution in [0.25, 0.3) is 0 Å². The van der Waals surface area contributed by atoms with Gasteiger partial charge in [-0.25, -0.2) is 0 Å². The van der Waals surface area contributed by atoms with Crippen LogP contribution in [0.2, 0.25) is 0 Å². The molecule has 0 aliphatic carbocycles. The van der Waals surface area contributed by atoms with E-state index in [4.69, 9.17) is 19.8 Å². The second-order valence-corrected chi connectivity index (χ2v) is 2.08. The molecule has 0 radical (unpaired) electrons. The standard InChI is InChI=1S/C6H10O4.CO2/c7-5(8)3-1-2-4-6(9)10;2-1-3/h1-4H2,(H,7,8)(H,9,10);. The van der Waals surface area contributed by atoms with E-state index in [1.165, 1.54) is 0 Å². The summed E-state index contributed by atoms with van der Waals surface area (Å²) in [5, 5.41) is 16.3. The van der Waals surface area contributed by atoms with Crippen molar-refractivity contribution in [1.82, 2.24) is 0 Å². The highest BCUT2D eigenvalue weighted by Gasteiger charge is 1.99. The zero-order valence-electron chi connectivity index (χ0n) is 6.86. The molecule has 0 aromatic carbocycles. The van der Waals surface area contributed by atoms with Gasteiger partial charge in [-0.05, 0) is 12.8 Å². The molecule has 0 atom stereocenters. The van der Waals surface area contributed by atoms with Gasteiger partial charge in [0, 0.05) is 12.8 Å². The number of carboxylic acids is 2. The van der Waals surface area contributed by atoms with Gasteiger partial charge in [-0.2, -0.15) is 9.59 Å². The van der Waals surface area contributed by atoms with Gasteiger partial charge in [-0.3, -0.25) is 9.59 Å². The average molecular weight is 190 g/mol. The molecule has 0 heterocycles. The van der Waals surface area contributed by atoms with E-state index < -0.39 is 11.9 Å². The molecule has 13 heavy (non-hydrogen) atoms. The lowest BCUT2D eigenvalue weighted by Gasteiger charge is -1.92. The van der Waals surface area contributed by atoms with Gasteiger partial charge in [-0.1, -0.05) is 0 Å². The molecule has 0 aliphatic rings. The molecule has 0 rings (SSSR count). The fourth-order valence-corrected chi connectivity index (χ4v) is 0.552. The fourth-order valence-electron chi connectivity index (χ4n) is 0.552. The van der Waals surface area contributed by atoms with Gasteiger partial charge in [-0.15, -0.1) is 0 Å². The van der Waals surface area contributed by atoms with Crippen LogP contribution in [0.3, 0.4) is 0 Å². The van der Waals surface area contributed by atoms with E-state index in [-0.39, 0.29) is 19.0 Å². The summed E-state index contributed by atoms with van der Waals surface area (Å²) >= 11 is 0. The largest absolute Gasteiger partial charge is 0.481 e. The summed E-state index contributed by atoms with van der Waals surface area (Å²) in [6.07, 6.45) is 1.27. The molecular weight excluding hydrogens is 180 g/mol. The van der Waals surface area contributed by atoms with Crippen molar-refractivity contribution in [1.29, 1.82) is 0 Å². The first kappa shape index (κ1) is 13.9. The minimum atomic E-state index is -0.870. The van der Waals surface area contributed by atoms with E-state index in [1.54, 1.807) is 0 Å². The summed E-state index contributed by atoms with van der Waals surface area (Å²) < 4.78 is 0. The molecular formula is C7H10O6.